The highest BCUT2D eigenvalue weighted by Crippen LogP contribution is 2.46. The van der Waals surface area contributed by atoms with E-state index in [0.29, 0.717) is 11.3 Å². The predicted octanol–water partition coefficient (Wildman–Crippen LogP) is 2.64. The molecule has 1 saturated carbocycles. The van der Waals surface area contributed by atoms with Crippen molar-refractivity contribution in [2.75, 3.05) is 59.4 Å². The normalized spacial score (nSPS) is 22.9. The first-order chi connectivity index (χ1) is 12.4. The van der Waals surface area contributed by atoms with Crippen molar-refractivity contribution >= 4 is 5.96 Å². The van der Waals surface area contributed by atoms with E-state index >= 15 is 0 Å². The van der Waals surface area contributed by atoms with Crippen LogP contribution in [0, 0.1) is 17.3 Å². The molecule has 5 heteroatoms. The molecule has 2 N–H and O–H groups in total. The first kappa shape index (κ1) is 21.5. The van der Waals surface area contributed by atoms with Gasteiger partial charge in [-0.2, -0.15) is 0 Å². The molecule has 26 heavy (non-hydrogen) atoms. The molecule has 0 amide bonds. The lowest BCUT2D eigenvalue weighted by atomic mass is 9.64. The van der Waals surface area contributed by atoms with Gasteiger partial charge in [0, 0.05) is 52.4 Å². The van der Waals surface area contributed by atoms with Crippen molar-refractivity contribution in [2.24, 2.45) is 22.2 Å². The van der Waals surface area contributed by atoms with E-state index < -0.39 is 0 Å². The van der Waals surface area contributed by atoms with Gasteiger partial charge in [-0.3, -0.25) is 4.99 Å². The Morgan fingerprint density at radius 2 is 1.77 bits per heavy atom. The largest absolute Gasteiger partial charge is 0.357 e. The molecule has 5 nitrogen and oxygen atoms in total. The van der Waals surface area contributed by atoms with Gasteiger partial charge in [-0.25, -0.2) is 0 Å². The molecule has 1 heterocycles. The van der Waals surface area contributed by atoms with Gasteiger partial charge in [0.1, 0.15) is 0 Å². The van der Waals surface area contributed by atoms with Crippen LogP contribution in [0.5, 0.6) is 0 Å². The lowest BCUT2D eigenvalue weighted by molar-refractivity contribution is 0.111. The highest BCUT2D eigenvalue weighted by atomic mass is 15.2. The van der Waals surface area contributed by atoms with Gasteiger partial charge < -0.3 is 20.4 Å². The summed E-state index contributed by atoms with van der Waals surface area (Å²) in [5, 5.41) is 7.03. The topological polar surface area (TPSA) is 42.9 Å². The van der Waals surface area contributed by atoms with Crippen LogP contribution in [0.25, 0.3) is 0 Å². The average molecular weight is 366 g/mol. The van der Waals surface area contributed by atoms with Crippen molar-refractivity contribution < 1.29 is 0 Å². The second-order valence-corrected chi connectivity index (χ2v) is 9.24. The van der Waals surface area contributed by atoms with Crippen molar-refractivity contribution in [1.82, 2.24) is 20.4 Å². The molecular formula is C21H43N5. The zero-order chi connectivity index (χ0) is 19.0. The smallest absolute Gasteiger partial charge is 0.191 e. The summed E-state index contributed by atoms with van der Waals surface area (Å²) in [6.45, 7) is 18.1. The van der Waals surface area contributed by atoms with Crippen LogP contribution in [-0.2, 0) is 0 Å². The number of likely N-dealkylation sites (N-methyl/N-ethyl adjacent to an activating group) is 1. The van der Waals surface area contributed by atoms with Gasteiger partial charge in [-0.15, -0.1) is 0 Å². The van der Waals surface area contributed by atoms with Crippen molar-refractivity contribution in [2.45, 2.75) is 53.4 Å². The maximum atomic E-state index is 4.96. The van der Waals surface area contributed by atoms with E-state index in [1.165, 1.54) is 58.4 Å². The van der Waals surface area contributed by atoms with Gasteiger partial charge in [0.15, 0.2) is 5.96 Å². The Bertz CT molecular complexity index is 422. The van der Waals surface area contributed by atoms with Gasteiger partial charge in [-0.1, -0.05) is 27.2 Å². The summed E-state index contributed by atoms with van der Waals surface area (Å²) in [5.41, 5.74) is 0.474. The highest BCUT2D eigenvalue weighted by molar-refractivity contribution is 5.79. The molecule has 0 aromatic rings. The van der Waals surface area contributed by atoms with Crippen LogP contribution in [0.2, 0.25) is 0 Å². The first-order valence-electron chi connectivity index (χ1n) is 10.9. The van der Waals surface area contributed by atoms with Crippen molar-refractivity contribution in [3.63, 3.8) is 0 Å². The number of guanidine groups is 1. The molecule has 2 rings (SSSR count). The lowest BCUT2D eigenvalue weighted by Crippen LogP contribution is -2.47. The van der Waals surface area contributed by atoms with Crippen molar-refractivity contribution in [1.29, 1.82) is 0 Å². The Hall–Kier alpha value is -0.810. The molecule has 2 fully saturated rings. The third-order valence-electron chi connectivity index (χ3n) is 5.96. The molecule has 2 aliphatic rings. The molecule has 0 aromatic carbocycles. The van der Waals surface area contributed by atoms with Gasteiger partial charge in [0.2, 0.25) is 0 Å². The van der Waals surface area contributed by atoms with E-state index in [1.54, 1.807) is 0 Å². The number of aliphatic imine (C=N–C) groups is 1. The van der Waals surface area contributed by atoms with Crippen LogP contribution in [0.4, 0.5) is 0 Å². The summed E-state index contributed by atoms with van der Waals surface area (Å²) >= 11 is 0. The summed E-state index contributed by atoms with van der Waals surface area (Å²) in [6.07, 6.45) is 5.41. The zero-order valence-corrected chi connectivity index (χ0v) is 18.0. The molecule has 1 unspecified atom stereocenters. The molecule has 1 aliphatic heterocycles. The minimum absolute atomic E-state index is 0.474. The minimum Gasteiger partial charge on any atom is -0.357 e. The Balaban J connectivity index is 1.77. The summed E-state index contributed by atoms with van der Waals surface area (Å²) in [6, 6.07) is 0. The molecule has 0 bridgehead atoms. The highest BCUT2D eigenvalue weighted by Gasteiger charge is 2.37. The third kappa shape index (κ3) is 7.07. The number of nitrogens with one attached hydrogen (secondary N) is 2. The van der Waals surface area contributed by atoms with Gasteiger partial charge >= 0.3 is 0 Å². The Morgan fingerprint density at radius 3 is 2.31 bits per heavy atom. The summed E-state index contributed by atoms with van der Waals surface area (Å²) in [4.78, 5) is 9.98. The van der Waals surface area contributed by atoms with Crippen molar-refractivity contribution in [3.8, 4) is 0 Å². The number of hydrogen-bond acceptors (Lipinski definition) is 3. The molecule has 152 valence electrons. The fourth-order valence-corrected chi connectivity index (χ4v) is 4.36. The molecule has 0 aromatic heterocycles. The van der Waals surface area contributed by atoms with Crippen molar-refractivity contribution in [3.05, 3.63) is 0 Å². The third-order valence-corrected chi connectivity index (χ3v) is 5.96. The molecule has 1 aliphatic carbocycles. The van der Waals surface area contributed by atoms with E-state index in [1.807, 2.05) is 0 Å². The second-order valence-electron chi connectivity index (χ2n) is 9.24. The number of hydrogen-bond donors (Lipinski definition) is 2. The van der Waals surface area contributed by atoms with E-state index in [-0.39, 0.29) is 0 Å². The predicted molar refractivity (Wildman–Crippen MR) is 113 cm³/mol. The van der Waals surface area contributed by atoms with E-state index in [2.05, 4.69) is 55.2 Å². The fraction of sp³-hybridized carbons (Fsp3) is 0.952. The van der Waals surface area contributed by atoms with Gasteiger partial charge in [-0.05, 0) is 50.5 Å². The quantitative estimate of drug-likeness (QED) is 0.487. The minimum atomic E-state index is 0.474. The number of piperazine rings is 1. The summed E-state index contributed by atoms with van der Waals surface area (Å²) in [7, 11) is 2.22. The Labute approximate surface area is 162 Å². The first-order valence-corrected chi connectivity index (χ1v) is 10.9. The SMILES string of the molecule is CCNC(=NCC1(CC(C)C)CCC1)NCC(C)CN1CCN(C)CC1. The standard InChI is InChI=1S/C21H43N5/c1-6-22-20(24-17-21(8-7-9-21)14-18(2)3)23-15-19(4)16-26-12-10-25(5)11-13-26/h18-19H,6-17H2,1-5H3,(H2,22,23,24). The monoisotopic (exact) mass is 365 g/mol. The van der Waals surface area contributed by atoms with Gasteiger partial charge in [0.05, 0.1) is 0 Å². The van der Waals surface area contributed by atoms with Crippen LogP contribution in [-0.4, -0.2) is 75.2 Å². The average Bonchev–Trinajstić information content (AvgIpc) is 2.56. The molecule has 1 atom stereocenters. The zero-order valence-electron chi connectivity index (χ0n) is 18.0. The molecule has 0 spiro atoms. The Morgan fingerprint density at radius 1 is 1.08 bits per heavy atom. The van der Waals surface area contributed by atoms with Crippen LogP contribution >= 0.6 is 0 Å². The van der Waals surface area contributed by atoms with Crippen LogP contribution in [0.3, 0.4) is 0 Å². The lowest BCUT2D eigenvalue weighted by Gasteiger charge is -2.42. The van der Waals surface area contributed by atoms with Crippen LogP contribution < -0.4 is 10.6 Å². The number of rotatable bonds is 9. The van der Waals surface area contributed by atoms with E-state index in [9.17, 15) is 0 Å². The summed E-state index contributed by atoms with van der Waals surface area (Å²) in [5.74, 6) is 2.41. The summed E-state index contributed by atoms with van der Waals surface area (Å²) < 4.78 is 0. The van der Waals surface area contributed by atoms with E-state index in [0.717, 1.165) is 31.5 Å². The maximum absolute atomic E-state index is 4.96. The second kappa shape index (κ2) is 10.5. The Kier molecular flexibility index (Phi) is 8.68. The van der Waals surface area contributed by atoms with Crippen LogP contribution in [0.15, 0.2) is 4.99 Å². The maximum Gasteiger partial charge on any atom is 0.191 e. The molecule has 0 radical (unpaired) electrons. The fourth-order valence-electron chi connectivity index (χ4n) is 4.36. The van der Waals surface area contributed by atoms with E-state index in [4.69, 9.17) is 4.99 Å². The van der Waals surface area contributed by atoms with Crippen LogP contribution in [0.1, 0.15) is 53.4 Å². The number of nitrogens with zero attached hydrogens (tertiary/aromatic N) is 3. The molecular weight excluding hydrogens is 322 g/mol. The molecule has 1 saturated heterocycles. The van der Waals surface area contributed by atoms with Gasteiger partial charge in [0.25, 0.3) is 0 Å².